The Balaban J connectivity index is 1.85. The van der Waals surface area contributed by atoms with Crippen molar-refractivity contribution in [3.05, 3.63) is 29.8 Å². The maximum absolute atomic E-state index is 12.6. The third-order valence-electron chi connectivity index (χ3n) is 6.06. The van der Waals surface area contributed by atoms with Crippen LogP contribution in [0.2, 0.25) is 0 Å². The molecule has 0 bridgehead atoms. The molecule has 0 aromatic heterocycles. The topological polar surface area (TPSA) is 35.9 Å². The molecule has 1 heterocycles. The number of benzene rings is 1. The highest BCUT2D eigenvalue weighted by Gasteiger charge is 2.37. The number of ether oxygens (including phenoxy) is 1. The molecule has 4 atom stereocenters. The van der Waals surface area contributed by atoms with Crippen LogP contribution in [0.1, 0.15) is 37.7 Å². The van der Waals surface area contributed by atoms with Gasteiger partial charge in [-0.25, -0.2) is 0 Å². The summed E-state index contributed by atoms with van der Waals surface area (Å²) < 4.78 is 42.1. The number of alkyl halides is 3. The largest absolute Gasteiger partial charge is 0.573 e. The van der Waals surface area contributed by atoms with E-state index in [1.165, 1.54) is 12.1 Å². The van der Waals surface area contributed by atoms with E-state index in [4.69, 9.17) is 0 Å². The Bertz CT molecular complexity index is 617. The highest BCUT2D eigenvalue weighted by Crippen LogP contribution is 2.42. The van der Waals surface area contributed by atoms with Crippen LogP contribution in [0.25, 0.3) is 0 Å². The van der Waals surface area contributed by atoms with E-state index >= 15 is 0 Å². The number of nitrogens with zero attached hydrogens (tertiary/aromatic N) is 2. The van der Waals surface area contributed by atoms with Gasteiger partial charge in [-0.05, 0) is 56.8 Å². The molecule has 0 radical (unpaired) electrons. The zero-order valence-electron chi connectivity index (χ0n) is 16.0. The van der Waals surface area contributed by atoms with Gasteiger partial charge in [-0.15, -0.1) is 13.2 Å². The van der Waals surface area contributed by atoms with Gasteiger partial charge >= 0.3 is 6.36 Å². The minimum atomic E-state index is -4.69. The molecule has 1 aliphatic heterocycles. The second kappa shape index (κ2) is 8.37. The van der Waals surface area contributed by atoms with E-state index in [2.05, 4.69) is 28.5 Å². The third kappa shape index (κ3) is 5.36. The van der Waals surface area contributed by atoms with Crippen molar-refractivity contribution >= 4 is 0 Å². The predicted octanol–water partition coefficient (Wildman–Crippen LogP) is 3.47. The van der Waals surface area contributed by atoms with Crippen LogP contribution in [0.4, 0.5) is 13.2 Å². The van der Waals surface area contributed by atoms with Crippen LogP contribution in [0.3, 0.4) is 0 Å². The summed E-state index contributed by atoms with van der Waals surface area (Å²) in [4.78, 5) is 4.71. The number of piperazine rings is 1. The van der Waals surface area contributed by atoms with Crippen LogP contribution in [0, 0.1) is 5.92 Å². The Hall–Kier alpha value is -1.31. The molecule has 0 amide bonds. The number of rotatable bonds is 5. The number of halogens is 3. The second-order valence-electron chi connectivity index (χ2n) is 7.95. The average molecular weight is 386 g/mol. The number of hydrogen-bond donors (Lipinski definition) is 1. The van der Waals surface area contributed by atoms with Gasteiger partial charge in [-0.3, -0.25) is 4.90 Å². The van der Waals surface area contributed by atoms with Crippen molar-refractivity contribution in [3.8, 4) is 5.75 Å². The van der Waals surface area contributed by atoms with E-state index in [-0.39, 0.29) is 29.7 Å². The number of aliphatic hydroxyl groups excluding tert-OH is 1. The highest BCUT2D eigenvalue weighted by molar-refractivity contribution is 5.32. The highest BCUT2D eigenvalue weighted by atomic mass is 19.4. The van der Waals surface area contributed by atoms with Crippen LogP contribution < -0.4 is 4.74 Å². The lowest BCUT2D eigenvalue weighted by molar-refractivity contribution is -0.274. The van der Waals surface area contributed by atoms with Crippen molar-refractivity contribution in [3.63, 3.8) is 0 Å². The molecule has 1 aliphatic carbocycles. The molecule has 2 aliphatic rings. The fraction of sp³-hybridized carbons (Fsp3) is 0.700. The van der Waals surface area contributed by atoms with E-state index in [9.17, 15) is 18.3 Å². The zero-order valence-corrected chi connectivity index (χ0v) is 16.0. The minimum absolute atomic E-state index is 0.0716. The Morgan fingerprint density at radius 1 is 1.15 bits per heavy atom. The summed E-state index contributed by atoms with van der Waals surface area (Å²) in [6.45, 7) is 6.03. The van der Waals surface area contributed by atoms with Gasteiger partial charge < -0.3 is 14.7 Å². The smallest absolute Gasteiger partial charge is 0.406 e. The summed E-state index contributed by atoms with van der Waals surface area (Å²) in [6.07, 6.45) is -2.65. The quantitative estimate of drug-likeness (QED) is 0.841. The Morgan fingerprint density at radius 2 is 1.85 bits per heavy atom. The first-order valence-electron chi connectivity index (χ1n) is 9.69. The maximum Gasteiger partial charge on any atom is 0.573 e. The number of likely N-dealkylation sites (N-methyl/N-ethyl adjacent to an activating group) is 1. The van der Waals surface area contributed by atoms with E-state index in [0.717, 1.165) is 44.6 Å². The summed E-state index contributed by atoms with van der Waals surface area (Å²) in [5, 5.41) is 10.0. The van der Waals surface area contributed by atoms with Crippen molar-refractivity contribution in [2.75, 3.05) is 33.2 Å². The lowest BCUT2D eigenvalue weighted by atomic mass is 9.79. The van der Waals surface area contributed by atoms with Gasteiger partial charge in [0.05, 0.1) is 6.10 Å². The molecule has 2 unspecified atom stereocenters. The molecule has 7 heteroatoms. The summed E-state index contributed by atoms with van der Waals surface area (Å²) in [5.41, 5.74) is 0.863. The van der Waals surface area contributed by atoms with Crippen LogP contribution in [0.5, 0.6) is 5.75 Å². The molecule has 152 valence electrons. The lowest BCUT2D eigenvalue weighted by Crippen LogP contribution is -2.50. The van der Waals surface area contributed by atoms with E-state index < -0.39 is 6.36 Å². The molecule has 4 nitrogen and oxygen atoms in total. The predicted molar refractivity (Wildman–Crippen MR) is 97.7 cm³/mol. The van der Waals surface area contributed by atoms with Crippen molar-refractivity contribution in [2.45, 2.75) is 50.6 Å². The van der Waals surface area contributed by atoms with Gasteiger partial charge in [-0.1, -0.05) is 12.1 Å². The molecule has 1 saturated carbocycles. The van der Waals surface area contributed by atoms with Gasteiger partial charge in [0.1, 0.15) is 5.75 Å². The van der Waals surface area contributed by atoms with Gasteiger partial charge in [-0.2, -0.15) is 0 Å². The van der Waals surface area contributed by atoms with Crippen molar-refractivity contribution in [2.24, 2.45) is 5.92 Å². The average Bonchev–Trinajstić information content (AvgIpc) is 3.00. The normalized spacial score (nSPS) is 27.5. The van der Waals surface area contributed by atoms with Crippen LogP contribution in [-0.2, 0) is 0 Å². The molecule has 27 heavy (non-hydrogen) atoms. The fourth-order valence-electron chi connectivity index (χ4n) is 4.64. The van der Waals surface area contributed by atoms with Gasteiger partial charge in [0, 0.05) is 38.1 Å². The van der Waals surface area contributed by atoms with Crippen LogP contribution in [0.15, 0.2) is 24.3 Å². The van der Waals surface area contributed by atoms with Gasteiger partial charge in [0.25, 0.3) is 0 Å². The minimum Gasteiger partial charge on any atom is -0.406 e. The molecule has 1 aromatic rings. The first kappa shape index (κ1) is 20.4. The summed E-state index contributed by atoms with van der Waals surface area (Å²) in [5.74, 6) is 0.159. The van der Waals surface area contributed by atoms with Crippen molar-refractivity contribution < 1.29 is 23.0 Å². The zero-order chi connectivity index (χ0) is 19.6. The molecule has 1 saturated heterocycles. The summed E-state index contributed by atoms with van der Waals surface area (Å²) >= 11 is 0. The fourth-order valence-corrected chi connectivity index (χ4v) is 4.64. The molecule has 3 rings (SSSR count). The number of hydrogen-bond acceptors (Lipinski definition) is 4. The Kier molecular flexibility index (Phi) is 6.33. The summed E-state index contributed by atoms with van der Waals surface area (Å²) in [6, 6.07) is 6.58. The second-order valence-corrected chi connectivity index (χ2v) is 7.95. The molecule has 2 fully saturated rings. The molecule has 1 aromatic carbocycles. The first-order chi connectivity index (χ1) is 12.7. The number of aliphatic hydroxyl groups is 1. The third-order valence-corrected chi connectivity index (χ3v) is 6.06. The lowest BCUT2D eigenvalue weighted by Gasteiger charge is -2.42. The summed E-state index contributed by atoms with van der Waals surface area (Å²) in [7, 11) is 2.10. The SMILES string of the molecule is C[C@@H](C(c1cccc(OC(F)(F)F)c1)[C@@H]1CCC(O)C1)N1CCN(C)CC1. The maximum atomic E-state index is 12.6. The Morgan fingerprint density at radius 3 is 2.44 bits per heavy atom. The van der Waals surface area contributed by atoms with E-state index in [1.54, 1.807) is 6.07 Å². The molecular weight excluding hydrogens is 357 g/mol. The molecular formula is C20H29F3N2O2. The monoisotopic (exact) mass is 386 g/mol. The van der Waals surface area contributed by atoms with Gasteiger partial charge in [0.15, 0.2) is 0 Å². The van der Waals surface area contributed by atoms with Gasteiger partial charge in [0.2, 0.25) is 0 Å². The van der Waals surface area contributed by atoms with Crippen LogP contribution >= 0.6 is 0 Å². The Labute approximate surface area is 158 Å². The molecule has 1 N–H and O–H groups in total. The van der Waals surface area contributed by atoms with Crippen molar-refractivity contribution in [1.29, 1.82) is 0 Å². The molecule has 0 spiro atoms. The first-order valence-corrected chi connectivity index (χ1v) is 9.69. The van der Waals surface area contributed by atoms with Crippen molar-refractivity contribution in [1.82, 2.24) is 9.80 Å². The van der Waals surface area contributed by atoms with E-state index in [1.807, 2.05) is 6.07 Å². The van der Waals surface area contributed by atoms with E-state index in [0.29, 0.717) is 6.42 Å². The standard InChI is InChI=1S/C20H29F3N2O2/c1-14(25-10-8-24(2)9-11-25)19(16-6-7-17(26)12-16)15-4-3-5-18(13-15)27-20(21,22)23/h3-5,13-14,16-17,19,26H,6-12H2,1-2H3/t14-,16+,17?,19?/m0/s1. The van der Waals surface area contributed by atoms with Crippen LogP contribution in [-0.4, -0.2) is 66.6 Å².